The SMILES string of the molecule is CCCCCCCCCCCCC(Oc1ccc(O)c(C(C)(C)C)c1)C(=O)Nc1ccc(N)cc1. The van der Waals surface area contributed by atoms with Gasteiger partial charge in [-0.3, -0.25) is 4.79 Å². The van der Waals surface area contributed by atoms with Gasteiger partial charge in [-0.15, -0.1) is 0 Å². The van der Waals surface area contributed by atoms with E-state index in [-0.39, 0.29) is 17.1 Å². The maximum absolute atomic E-state index is 13.1. The van der Waals surface area contributed by atoms with Crippen molar-refractivity contribution in [2.24, 2.45) is 0 Å². The van der Waals surface area contributed by atoms with Crippen LogP contribution in [0.15, 0.2) is 42.5 Å². The van der Waals surface area contributed by atoms with Crippen LogP contribution in [0.2, 0.25) is 0 Å². The van der Waals surface area contributed by atoms with Crippen LogP contribution in [0.5, 0.6) is 11.5 Å². The molecule has 4 N–H and O–H groups in total. The van der Waals surface area contributed by atoms with Gasteiger partial charge in [0.1, 0.15) is 11.5 Å². The molecule has 1 atom stereocenters. The number of phenolic OH excluding ortho intramolecular Hbond substituents is 1. The molecule has 0 heterocycles. The highest BCUT2D eigenvalue weighted by molar-refractivity contribution is 5.94. The second kappa shape index (κ2) is 14.7. The summed E-state index contributed by atoms with van der Waals surface area (Å²) in [7, 11) is 0. The molecule has 194 valence electrons. The molecule has 0 bridgehead atoms. The molecule has 1 unspecified atom stereocenters. The Morgan fingerprint density at radius 2 is 1.49 bits per heavy atom. The summed E-state index contributed by atoms with van der Waals surface area (Å²) in [4.78, 5) is 13.1. The Hall–Kier alpha value is -2.69. The summed E-state index contributed by atoms with van der Waals surface area (Å²) in [5, 5.41) is 13.3. The predicted molar refractivity (Wildman–Crippen MR) is 147 cm³/mol. The number of anilines is 2. The smallest absolute Gasteiger partial charge is 0.265 e. The van der Waals surface area contributed by atoms with Crippen molar-refractivity contribution in [3.8, 4) is 11.5 Å². The number of carbonyl (C=O) groups is 1. The van der Waals surface area contributed by atoms with E-state index >= 15 is 0 Å². The molecular formula is C30H46N2O3. The van der Waals surface area contributed by atoms with Crippen LogP contribution < -0.4 is 15.8 Å². The van der Waals surface area contributed by atoms with Crippen LogP contribution in [0.4, 0.5) is 11.4 Å². The first-order chi connectivity index (χ1) is 16.7. The van der Waals surface area contributed by atoms with Gasteiger partial charge in [0, 0.05) is 16.9 Å². The predicted octanol–water partition coefficient (Wildman–Crippen LogP) is 7.97. The maximum atomic E-state index is 13.1. The maximum Gasteiger partial charge on any atom is 0.265 e. The highest BCUT2D eigenvalue weighted by atomic mass is 16.5. The van der Waals surface area contributed by atoms with Gasteiger partial charge in [-0.1, -0.05) is 85.5 Å². The number of nitrogens with two attached hydrogens (primary N) is 1. The summed E-state index contributed by atoms with van der Waals surface area (Å²) < 4.78 is 6.20. The van der Waals surface area contributed by atoms with E-state index in [4.69, 9.17) is 10.5 Å². The minimum Gasteiger partial charge on any atom is -0.508 e. The molecule has 0 saturated carbocycles. The molecule has 0 fully saturated rings. The molecule has 0 aliphatic rings. The van der Waals surface area contributed by atoms with Crippen molar-refractivity contribution >= 4 is 17.3 Å². The topological polar surface area (TPSA) is 84.6 Å². The lowest BCUT2D eigenvalue weighted by Gasteiger charge is -2.23. The fourth-order valence-corrected chi connectivity index (χ4v) is 4.20. The van der Waals surface area contributed by atoms with E-state index in [1.54, 1.807) is 36.4 Å². The molecule has 0 radical (unpaired) electrons. The number of aromatic hydroxyl groups is 1. The summed E-state index contributed by atoms with van der Waals surface area (Å²) in [5.41, 5.74) is 7.68. The molecule has 2 aromatic rings. The minimum atomic E-state index is -0.612. The van der Waals surface area contributed by atoms with Crippen molar-refractivity contribution in [2.45, 2.75) is 110 Å². The first-order valence-electron chi connectivity index (χ1n) is 13.4. The molecule has 5 heteroatoms. The van der Waals surface area contributed by atoms with Gasteiger partial charge in [0.05, 0.1) is 0 Å². The van der Waals surface area contributed by atoms with Gasteiger partial charge in [0.15, 0.2) is 6.10 Å². The summed E-state index contributed by atoms with van der Waals surface area (Å²) in [6, 6.07) is 12.3. The normalized spacial score (nSPS) is 12.3. The molecule has 1 amide bonds. The number of rotatable bonds is 15. The lowest BCUT2D eigenvalue weighted by molar-refractivity contribution is -0.123. The zero-order valence-corrected chi connectivity index (χ0v) is 22.2. The average Bonchev–Trinajstić information content (AvgIpc) is 2.81. The number of phenols is 1. The van der Waals surface area contributed by atoms with Crippen LogP contribution in [-0.4, -0.2) is 17.1 Å². The summed E-state index contributed by atoms with van der Waals surface area (Å²) in [6.45, 7) is 8.38. The minimum absolute atomic E-state index is 0.170. The Morgan fingerprint density at radius 1 is 0.914 bits per heavy atom. The molecule has 2 aromatic carbocycles. The lowest BCUT2D eigenvalue weighted by Crippen LogP contribution is -2.33. The van der Waals surface area contributed by atoms with Crippen LogP contribution in [0, 0.1) is 0 Å². The number of hydrogen-bond acceptors (Lipinski definition) is 4. The van der Waals surface area contributed by atoms with Crippen molar-refractivity contribution in [3.05, 3.63) is 48.0 Å². The second-order valence-electron chi connectivity index (χ2n) is 10.6. The summed E-state index contributed by atoms with van der Waals surface area (Å²) >= 11 is 0. The zero-order chi connectivity index (χ0) is 25.7. The van der Waals surface area contributed by atoms with Crippen LogP contribution in [-0.2, 0) is 10.2 Å². The largest absolute Gasteiger partial charge is 0.508 e. The molecule has 0 spiro atoms. The van der Waals surface area contributed by atoms with E-state index in [1.165, 1.54) is 51.4 Å². The standard InChI is InChI=1S/C30H46N2O3/c1-5-6-7-8-9-10-11-12-13-14-15-28(29(34)32-24-18-16-23(31)17-19-24)35-25-20-21-27(33)26(22-25)30(2,3)4/h16-22,28,33H,5-15,31H2,1-4H3,(H,32,34). The van der Waals surface area contributed by atoms with E-state index in [1.807, 2.05) is 26.8 Å². The van der Waals surface area contributed by atoms with Crippen LogP contribution in [0.1, 0.15) is 104 Å². The van der Waals surface area contributed by atoms with Crippen LogP contribution in [0.3, 0.4) is 0 Å². The molecule has 0 aromatic heterocycles. The quantitative estimate of drug-likeness (QED) is 0.177. The lowest BCUT2D eigenvalue weighted by atomic mass is 9.86. The highest BCUT2D eigenvalue weighted by Crippen LogP contribution is 2.34. The first-order valence-corrected chi connectivity index (χ1v) is 13.4. The van der Waals surface area contributed by atoms with Gasteiger partial charge in [0.25, 0.3) is 5.91 Å². The van der Waals surface area contributed by atoms with Gasteiger partial charge in [-0.25, -0.2) is 0 Å². The summed E-state index contributed by atoms with van der Waals surface area (Å²) in [5.74, 6) is 0.663. The van der Waals surface area contributed by atoms with Gasteiger partial charge in [-0.05, 0) is 60.7 Å². The van der Waals surface area contributed by atoms with Gasteiger partial charge < -0.3 is 20.9 Å². The molecular weight excluding hydrogens is 436 g/mol. The highest BCUT2D eigenvalue weighted by Gasteiger charge is 2.23. The summed E-state index contributed by atoms with van der Waals surface area (Å²) in [6.07, 6.45) is 12.4. The third-order valence-electron chi connectivity index (χ3n) is 6.34. The van der Waals surface area contributed by atoms with Gasteiger partial charge >= 0.3 is 0 Å². The molecule has 0 saturated heterocycles. The first kappa shape index (κ1) is 28.5. The molecule has 5 nitrogen and oxygen atoms in total. The van der Waals surface area contributed by atoms with Crippen molar-refractivity contribution in [2.75, 3.05) is 11.1 Å². The fraction of sp³-hybridized carbons (Fsp3) is 0.567. The Balaban J connectivity index is 1.95. The second-order valence-corrected chi connectivity index (χ2v) is 10.6. The molecule has 35 heavy (non-hydrogen) atoms. The van der Waals surface area contributed by atoms with Crippen molar-refractivity contribution in [1.82, 2.24) is 0 Å². The van der Waals surface area contributed by atoms with E-state index in [0.29, 0.717) is 23.5 Å². The van der Waals surface area contributed by atoms with Crippen LogP contribution >= 0.6 is 0 Å². The van der Waals surface area contributed by atoms with E-state index in [0.717, 1.165) is 18.4 Å². The van der Waals surface area contributed by atoms with E-state index in [9.17, 15) is 9.90 Å². The third-order valence-corrected chi connectivity index (χ3v) is 6.34. The van der Waals surface area contributed by atoms with Crippen molar-refractivity contribution < 1.29 is 14.6 Å². The Morgan fingerprint density at radius 3 is 2.06 bits per heavy atom. The number of nitrogens with one attached hydrogen (secondary N) is 1. The Bertz CT molecular complexity index is 887. The number of nitrogen functional groups attached to an aromatic ring is 1. The van der Waals surface area contributed by atoms with Crippen molar-refractivity contribution in [3.63, 3.8) is 0 Å². The van der Waals surface area contributed by atoms with Gasteiger partial charge in [-0.2, -0.15) is 0 Å². The van der Waals surface area contributed by atoms with Crippen LogP contribution in [0.25, 0.3) is 0 Å². The average molecular weight is 483 g/mol. The Kier molecular flexibility index (Phi) is 11.9. The Labute approximate surface area is 212 Å². The zero-order valence-electron chi connectivity index (χ0n) is 22.2. The molecule has 0 aliphatic heterocycles. The number of amides is 1. The fourth-order valence-electron chi connectivity index (χ4n) is 4.20. The monoisotopic (exact) mass is 482 g/mol. The number of benzene rings is 2. The molecule has 0 aliphatic carbocycles. The van der Waals surface area contributed by atoms with Gasteiger partial charge in [0.2, 0.25) is 0 Å². The molecule has 2 rings (SSSR count). The number of hydrogen-bond donors (Lipinski definition) is 3. The number of ether oxygens (including phenoxy) is 1. The van der Waals surface area contributed by atoms with E-state index in [2.05, 4.69) is 12.2 Å². The van der Waals surface area contributed by atoms with E-state index < -0.39 is 6.10 Å². The number of unbranched alkanes of at least 4 members (excludes halogenated alkanes) is 9. The number of carbonyl (C=O) groups excluding carboxylic acids is 1. The third kappa shape index (κ3) is 10.6. The van der Waals surface area contributed by atoms with Crippen molar-refractivity contribution in [1.29, 1.82) is 0 Å².